The second-order valence-corrected chi connectivity index (χ2v) is 7.32. The Morgan fingerprint density at radius 2 is 2.04 bits per heavy atom. The van der Waals surface area contributed by atoms with Crippen LogP contribution in [0.4, 0.5) is 0 Å². The van der Waals surface area contributed by atoms with Crippen LogP contribution in [-0.2, 0) is 18.3 Å². The fraction of sp³-hybridized carbons (Fsp3) is 0.600. The third-order valence-electron chi connectivity index (χ3n) is 4.73. The predicted molar refractivity (Wildman–Crippen MR) is 104 cm³/mol. The molecule has 2 aromatic heterocycles. The van der Waals surface area contributed by atoms with E-state index in [0.717, 1.165) is 44.0 Å². The van der Waals surface area contributed by atoms with E-state index in [4.69, 9.17) is 4.74 Å². The molecule has 0 spiro atoms. The third-order valence-corrected chi connectivity index (χ3v) is 4.73. The van der Waals surface area contributed by atoms with Crippen LogP contribution < -0.4 is 5.32 Å². The van der Waals surface area contributed by atoms with Gasteiger partial charge in [0.25, 0.3) is 0 Å². The Labute approximate surface area is 156 Å². The Hall–Kier alpha value is -1.76. The van der Waals surface area contributed by atoms with Crippen molar-refractivity contribution in [3.8, 4) is 11.3 Å². The highest BCUT2D eigenvalue weighted by Gasteiger charge is 2.21. The molecule has 0 bridgehead atoms. The molecule has 3 rings (SSSR count). The van der Waals surface area contributed by atoms with E-state index in [1.165, 1.54) is 18.4 Å². The fourth-order valence-electron chi connectivity index (χ4n) is 3.69. The topological polar surface area (TPSA) is 55.2 Å². The number of aryl methyl sites for hydroxylation is 1. The van der Waals surface area contributed by atoms with Gasteiger partial charge in [-0.3, -0.25) is 14.6 Å². The quantitative estimate of drug-likeness (QED) is 0.736. The highest BCUT2D eigenvalue weighted by molar-refractivity contribution is 5.61. The van der Waals surface area contributed by atoms with Gasteiger partial charge in [-0.15, -0.1) is 0 Å². The highest BCUT2D eigenvalue weighted by atomic mass is 16.5. The van der Waals surface area contributed by atoms with Crippen LogP contribution in [-0.4, -0.2) is 58.1 Å². The van der Waals surface area contributed by atoms with E-state index in [-0.39, 0.29) is 0 Å². The van der Waals surface area contributed by atoms with E-state index >= 15 is 0 Å². The van der Waals surface area contributed by atoms with Crippen LogP contribution in [0.1, 0.15) is 32.3 Å². The molecule has 0 radical (unpaired) electrons. The Kier molecular flexibility index (Phi) is 6.77. The van der Waals surface area contributed by atoms with E-state index < -0.39 is 0 Å². The molecule has 26 heavy (non-hydrogen) atoms. The summed E-state index contributed by atoms with van der Waals surface area (Å²) in [6, 6.07) is 4.01. The van der Waals surface area contributed by atoms with Crippen LogP contribution in [0.5, 0.6) is 0 Å². The van der Waals surface area contributed by atoms with Crippen LogP contribution in [0.25, 0.3) is 11.3 Å². The summed E-state index contributed by atoms with van der Waals surface area (Å²) in [6.45, 7) is 9.47. The molecule has 0 unspecified atom stereocenters. The van der Waals surface area contributed by atoms with Gasteiger partial charge in [-0.1, -0.05) is 0 Å². The van der Waals surface area contributed by atoms with Crippen molar-refractivity contribution in [2.75, 3.05) is 26.2 Å². The van der Waals surface area contributed by atoms with Crippen molar-refractivity contribution >= 4 is 0 Å². The number of hydrogen-bond acceptors (Lipinski definition) is 5. The second-order valence-electron chi connectivity index (χ2n) is 7.32. The van der Waals surface area contributed by atoms with Crippen molar-refractivity contribution in [3.63, 3.8) is 0 Å². The van der Waals surface area contributed by atoms with Gasteiger partial charge in [-0.05, 0) is 51.9 Å². The summed E-state index contributed by atoms with van der Waals surface area (Å²) in [6.07, 6.45) is 8.86. The molecule has 142 valence electrons. The molecule has 0 aromatic carbocycles. The first-order valence-electron chi connectivity index (χ1n) is 9.63. The molecular formula is C20H31N5O. The molecule has 2 atom stereocenters. The van der Waals surface area contributed by atoms with E-state index in [1.54, 1.807) is 6.20 Å². The molecule has 0 aliphatic carbocycles. The number of nitrogens with zero attached hydrogens (tertiary/aromatic N) is 4. The van der Waals surface area contributed by atoms with E-state index in [2.05, 4.69) is 46.4 Å². The Bertz CT molecular complexity index is 662. The number of hydrogen-bond donors (Lipinski definition) is 1. The van der Waals surface area contributed by atoms with Crippen molar-refractivity contribution in [1.82, 2.24) is 25.0 Å². The smallest absolute Gasteiger partial charge is 0.0983 e. The van der Waals surface area contributed by atoms with Gasteiger partial charge in [0, 0.05) is 56.4 Å². The zero-order valence-electron chi connectivity index (χ0n) is 16.2. The zero-order chi connectivity index (χ0) is 18.4. The lowest BCUT2D eigenvalue weighted by molar-refractivity contribution is -0.0681. The zero-order valence-corrected chi connectivity index (χ0v) is 16.2. The number of aromatic nitrogens is 3. The summed E-state index contributed by atoms with van der Waals surface area (Å²) in [7, 11) is 1.97. The largest absolute Gasteiger partial charge is 0.373 e. The third kappa shape index (κ3) is 5.37. The van der Waals surface area contributed by atoms with Crippen molar-refractivity contribution in [2.24, 2.45) is 7.05 Å². The molecule has 6 nitrogen and oxygen atoms in total. The minimum Gasteiger partial charge on any atom is -0.373 e. The Morgan fingerprint density at radius 1 is 1.23 bits per heavy atom. The monoisotopic (exact) mass is 357 g/mol. The van der Waals surface area contributed by atoms with Gasteiger partial charge in [0.05, 0.1) is 17.9 Å². The molecule has 2 aromatic rings. The first-order chi connectivity index (χ1) is 12.6. The molecule has 6 heteroatoms. The lowest BCUT2D eigenvalue weighted by Gasteiger charge is -2.35. The minimum absolute atomic E-state index is 0.355. The van der Waals surface area contributed by atoms with Gasteiger partial charge in [0.15, 0.2) is 0 Å². The van der Waals surface area contributed by atoms with Crippen molar-refractivity contribution in [3.05, 3.63) is 36.3 Å². The average molecular weight is 358 g/mol. The van der Waals surface area contributed by atoms with Gasteiger partial charge >= 0.3 is 0 Å². The summed E-state index contributed by atoms with van der Waals surface area (Å²) >= 11 is 0. The maximum absolute atomic E-state index is 5.79. The number of rotatable bonds is 8. The van der Waals surface area contributed by atoms with Gasteiger partial charge in [0.2, 0.25) is 0 Å². The number of ether oxygens (including phenoxy) is 1. The summed E-state index contributed by atoms with van der Waals surface area (Å²) < 4.78 is 7.67. The lowest BCUT2D eigenvalue weighted by atomic mass is 10.1. The van der Waals surface area contributed by atoms with Crippen LogP contribution in [0.15, 0.2) is 30.7 Å². The van der Waals surface area contributed by atoms with Crippen LogP contribution in [0.3, 0.4) is 0 Å². The molecule has 1 aliphatic rings. The van der Waals surface area contributed by atoms with Gasteiger partial charge in [-0.2, -0.15) is 5.10 Å². The fourth-order valence-corrected chi connectivity index (χ4v) is 3.69. The van der Waals surface area contributed by atoms with Gasteiger partial charge in [-0.25, -0.2) is 0 Å². The molecule has 1 saturated heterocycles. The molecule has 1 aliphatic heterocycles. The lowest BCUT2D eigenvalue weighted by Crippen LogP contribution is -2.45. The van der Waals surface area contributed by atoms with E-state index in [1.807, 2.05) is 24.0 Å². The number of nitrogens with one attached hydrogen (secondary N) is 1. The Morgan fingerprint density at radius 3 is 2.77 bits per heavy atom. The minimum atomic E-state index is 0.355. The summed E-state index contributed by atoms with van der Waals surface area (Å²) in [5.41, 5.74) is 3.31. The molecular weight excluding hydrogens is 326 g/mol. The van der Waals surface area contributed by atoms with Crippen molar-refractivity contribution in [1.29, 1.82) is 0 Å². The SMILES string of the molecule is C[C@@H]1CN(CCCCNCc2cn(C)nc2-c2cccnc2)C[C@H](C)O1. The van der Waals surface area contributed by atoms with E-state index in [0.29, 0.717) is 12.2 Å². The summed E-state index contributed by atoms with van der Waals surface area (Å²) in [5, 5.41) is 8.15. The van der Waals surface area contributed by atoms with Gasteiger partial charge < -0.3 is 10.1 Å². The van der Waals surface area contributed by atoms with Crippen molar-refractivity contribution in [2.45, 2.75) is 45.4 Å². The number of unbranched alkanes of at least 4 members (excludes halogenated alkanes) is 1. The van der Waals surface area contributed by atoms with Crippen LogP contribution in [0.2, 0.25) is 0 Å². The molecule has 1 N–H and O–H groups in total. The normalized spacial score (nSPS) is 21.2. The summed E-state index contributed by atoms with van der Waals surface area (Å²) in [4.78, 5) is 6.73. The number of pyridine rings is 1. The Balaban J connectivity index is 1.39. The van der Waals surface area contributed by atoms with Crippen LogP contribution in [0, 0.1) is 0 Å². The van der Waals surface area contributed by atoms with Crippen LogP contribution >= 0.6 is 0 Å². The predicted octanol–water partition coefficient (Wildman–Crippen LogP) is 2.46. The highest BCUT2D eigenvalue weighted by Crippen LogP contribution is 2.20. The first kappa shape index (κ1) is 19.0. The van der Waals surface area contributed by atoms with E-state index in [9.17, 15) is 0 Å². The van der Waals surface area contributed by atoms with Crippen molar-refractivity contribution < 1.29 is 4.74 Å². The molecule has 0 saturated carbocycles. The number of morpholine rings is 1. The van der Waals surface area contributed by atoms with Gasteiger partial charge in [0.1, 0.15) is 0 Å². The molecule has 1 fully saturated rings. The summed E-state index contributed by atoms with van der Waals surface area (Å²) in [5.74, 6) is 0. The molecule has 0 amide bonds. The average Bonchev–Trinajstić information content (AvgIpc) is 2.98. The molecule has 3 heterocycles. The first-order valence-corrected chi connectivity index (χ1v) is 9.63. The standard InChI is InChI=1S/C20H31N5O/c1-16-13-25(14-17(2)26-16)10-5-4-8-21-12-19-15-24(3)23-20(19)18-7-6-9-22-11-18/h6-7,9,11,15-17,21H,4-5,8,10,12-14H2,1-3H3/t16-,17+. The second kappa shape index (κ2) is 9.26. The maximum atomic E-state index is 5.79. The maximum Gasteiger partial charge on any atom is 0.0983 e.